The molecule has 0 saturated heterocycles. The zero-order chi connectivity index (χ0) is 27.8. The Morgan fingerprint density at radius 2 is 1.43 bits per heavy atom. The van der Waals surface area contributed by atoms with E-state index in [9.17, 15) is 19.2 Å². The lowest BCUT2D eigenvalue weighted by atomic mass is 10.0. The topological polar surface area (TPSA) is 93.6 Å². The van der Waals surface area contributed by atoms with Gasteiger partial charge in [0.05, 0.1) is 38.6 Å². The van der Waals surface area contributed by atoms with Gasteiger partial charge in [-0.05, 0) is 36.4 Å². The summed E-state index contributed by atoms with van der Waals surface area (Å²) in [6.07, 6.45) is 0. The SMILES string of the molecule is O=C(COC(=O)c1cc(-c2ccc(N3C(=O)c4ccccc4C3=O)cc2)nc2c(Cl)cccc12)c1ccccc1. The van der Waals surface area contributed by atoms with Gasteiger partial charge in [-0.25, -0.2) is 14.7 Å². The number of fused-ring (bicyclic) bond motifs is 2. The quantitative estimate of drug-likeness (QED) is 0.139. The molecule has 8 heteroatoms. The first-order valence-electron chi connectivity index (χ1n) is 12.4. The fourth-order valence-corrected chi connectivity index (χ4v) is 4.87. The second-order valence-corrected chi connectivity index (χ2v) is 9.50. The molecule has 0 aliphatic carbocycles. The number of imide groups is 1. The maximum Gasteiger partial charge on any atom is 0.339 e. The highest BCUT2D eigenvalue weighted by Gasteiger charge is 2.36. The number of Topliss-reactive ketones (excluding diaryl/α,β-unsaturated/α-hetero) is 1. The number of pyridine rings is 1. The number of nitrogens with zero attached hydrogens (tertiary/aromatic N) is 2. The summed E-state index contributed by atoms with van der Waals surface area (Å²) < 4.78 is 5.38. The maximum absolute atomic E-state index is 13.2. The van der Waals surface area contributed by atoms with Gasteiger partial charge in [-0.15, -0.1) is 0 Å². The third-order valence-electron chi connectivity index (χ3n) is 6.66. The maximum atomic E-state index is 13.2. The molecule has 0 saturated carbocycles. The first-order valence-corrected chi connectivity index (χ1v) is 12.7. The molecule has 6 rings (SSSR count). The molecule has 0 bridgehead atoms. The Morgan fingerprint density at radius 1 is 0.775 bits per heavy atom. The molecular weight excluding hydrogens is 528 g/mol. The van der Waals surface area contributed by atoms with Crippen LogP contribution in [0.5, 0.6) is 0 Å². The Morgan fingerprint density at radius 3 is 2.10 bits per heavy atom. The van der Waals surface area contributed by atoms with Crippen LogP contribution in [0.4, 0.5) is 5.69 Å². The highest BCUT2D eigenvalue weighted by Crippen LogP contribution is 2.32. The van der Waals surface area contributed by atoms with Gasteiger partial charge in [0, 0.05) is 16.5 Å². The minimum absolute atomic E-state index is 0.202. The molecule has 7 nitrogen and oxygen atoms in total. The minimum atomic E-state index is -0.692. The van der Waals surface area contributed by atoms with E-state index in [0.29, 0.717) is 49.6 Å². The molecule has 0 spiro atoms. The predicted molar refractivity (Wildman–Crippen MR) is 151 cm³/mol. The van der Waals surface area contributed by atoms with Gasteiger partial charge in [-0.1, -0.05) is 78.3 Å². The molecule has 5 aromatic rings. The van der Waals surface area contributed by atoms with Gasteiger partial charge >= 0.3 is 5.97 Å². The minimum Gasteiger partial charge on any atom is -0.454 e. The standard InChI is InChI=1S/C32H19ClN2O5/c33-26-12-6-11-22-25(32(39)40-18-28(36)20-7-2-1-3-8-20)17-27(34-29(22)26)19-13-15-21(16-14-19)35-30(37)23-9-4-5-10-24(23)31(35)38/h1-17H,18H2. The van der Waals surface area contributed by atoms with Crippen LogP contribution >= 0.6 is 11.6 Å². The largest absolute Gasteiger partial charge is 0.454 e. The molecule has 1 aliphatic heterocycles. The van der Waals surface area contributed by atoms with Gasteiger partial charge < -0.3 is 4.74 Å². The monoisotopic (exact) mass is 546 g/mol. The summed E-state index contributed by atoms with van der Waals surface area (Å²) in [5.41, 5.74) is 3.21. The van der Waals surface area contributed by atoms with Crippen molar-refractivity contribution < 1.29 is 23.9 Å². The van der Waals surface area contributed by atoms with Crippen LogP contribution in [0, 0.1) is 0 Å². The number of hydrogen-bond donors (Lipinski definition) is 0. The van der Waals surface area contributed by atoms with Gasteiger partial charge in [0.15, 0.2) is 12.4 Å². The van der Waals surface area contributed by atoms with Crippen molar-refractivity contribution in [2.75, 3.05) is 11.5 Å². The molecule has 4 aromatic carbocycles. The summed E-state index contributed by atoms with van der Waals surface area (Å²) in [7, 11) is 0. The molecule has 0 atom stereocenters. The Bertz CT molecular complexity index is 1800. The highest BCUT2D eigenvalue weighted by molar-refractivity contribution is 6.35. The van der Waals surface area contributed by atoms with E-state index in [1.165, 1.54) is 0 Å². The first kappa shape index (κ1) is 25.2. The zero-order valence-corrected chi connectivity index (χ0v) is 21.6. The van der Waals surface area contributed by atoms with Gasteiger partial charge in [-0.2, -0.15) is 0 Å². The summed E-state index contributed by atoms with van der Waals surface area (Å²) in [5, 5.41) is 0.826. The van der Waals surface area contributed by atoms with Crippen molar-refractivity contribution in [2.24, 2.45) is 0 Å². The molecule has 2 heterocycles. The zero-order valence-electron chi connectivity index (χ0n) is 20.8. The van der Waals surface area contributed by atoms with E-state index in [1.807, 2.05) is 0 Å². The van der Waals surface area contributed by atoms with Crippen molar-refractivity contribution in [1.29, 1.82) is 0 Å². The third kappa shape index (κ3) is 4.42. The average molecular weight is 547 g/mol. The lowest BCUT2D eigenvalue weighted by molar-refractivity contribution is 0.0476. The molecule has 0 unspecified atom stereocenters. The van der Waals surface area contributed by atoms with E-state index in [-0.39, 0.29) is 23.2 Å². The number of aromatic nitrogens is 1. The fraction of sp³-hybridized carbons (Fsp3) is 0.0312. The van der Waals surface area contributed by atoms with Crippen LogP contribution in [0.2, 0.25) is 5.02 Å². The Balaban J connectivity index is 1.31. The Kier molecular flexibility index (Phi) is 6.42. The molecule has 0 fully saturated rings. The number of benzene rings is 4. The normalized spacial score (nSPS) is 12.5. The van der Waals surface area contributed by atoms with Crippen LogP contribution in [0.3, 0.4) is 0 Å². The highest BCUT2D eigenvalue weighted by atomic mass is 35.5. The summed E-state index contributed by atoms with van der Waals surface area (Å²) in [6.45, 7) is -0.419. The molecular formula is C32H19ClN2O5. The van der Waals surface area contributed by atoms with Crippen LogP contribution in [-0.4, -0.2) is 35.2 Å². The number of carbonyl (C=O) groups is 4. The molecule has 0 radical (unpaired) electrons. The van der Waals surface area contributed by atoms with E-state index >= 15 is 0 Å². The molecule has 2 amide bonds. The second kappa shape index (κ2) is 10.2. The number of ether oxygens (including phenoxy) is 1. The molecule has 0 N–H and O–H groups in total. The van der Waals surface area contributed by atoms with Crippen LogP contribution in [0.25, 0.3) is 22.2 Å². The number of halogens is 1. The van der Waals surface area contributed by atoms with Crippen molar-refractivity contribution in [3.63, 3.8) is 0 Å². The second-order valence-electron chi connectivity index (χ2n) is 9.09. The number of hydrogen-bond acceptors (Lipinski definition) is 6. The van der Waals surface area contributed by atoms with Gasteiger partial charge in [0.1, 0.15) is 0 Å². The van der Waals surface area contributed by atoms with E-state index in [0.717, 1.165) is 4.90 Å². The van der Waals surface area contributed by atoms with Crippen LogP contribution < -0.4 is 4.90 Å². The van der Waals surface area contributed by atoms with Crippen molar-refractivity contribution in [3.8, 4) is 11.3 Å². The number of anilines is 1. The van der Waals surface area contributed by atoms with E-state index < -0.39 is 12.6 Å². The molecule has 1 aromatic heterocycles. The van der Waals surface area contributed by atoms with Crippen molar-refractivity contribution in [3.05, 3.63) is 130 Å². The number of ketones is 1. The van der Waals surface area contributed by atoms with Crippen LogP contribution in [-0.2, 0) is 4.74 Å². The van der Waals surface area contributed by atoms with Gasteiger partial charge in [0.2, 0.25) is 0 Å². The summed E-state index contributed by atoms with van der Waals surface area (Å²) >= 11 is 6.44. The lowest BCUT2D eigenvalue weighted by Crippen LogP contribution is -2.29. The first-order chi connectivity index (χ1) is 19.4. The van der Waals surface area contributed by atoms with Crippen molar-refractivity contribution in [2.45, 2.75) is 0 Å². The molecule has 40 heavy (non-hydrogen) atoms. The van der Waals surface area contributed by atoms with Crippen LogP contribution in [0.1, 0.15) is 41.4 Å². The van der Waals surface area contributed by atoms with Gasteiger partial charge in [-0.3, -0.25) is 14.4 Å². The Hall–Kier alpha value is -5.14. The summed E-state index contributed by atoms with van der Waals surface area (Å²) in [6, 6.07) is 28.6. The molecule has 1 aliphatic rings. The smallest absolute Gasteiger partial charge is 0.339 e. The summed E-state index contributed by atoms with van der Waals surface area (Å²) in [5.74, 6) is -1.80. The number of esters is 1. The third-order valence-corrected chi connectivity index (χ3v) is 6.96. The molecule has 194 valence electrons. The van der Waals surface area contributed by atoms with E-state index in [1.54, 1.807) is 103 Å². The average Bonchev–Trinajstić information content (AvgIpc) is 3.25. The van der Waals surface area contributed by atoms with E-state index in [4.69, 9.17) is 16.3 Å². The predicted octanol–water partition coefficient (Wildman–Crippen LogP) is 6.40. The van der Waals surface area contributed by atoms with Crippen molar-refractivity contribution in [1.82, 2.24) is 4.98 Å². The number of para-hydroxylation sites is 1. The van der Waals surface area contributed by atoms with Gasteiger partial charge in [0.25, 0.3) is 11.8 Å². The number of rotatable bonds is 6. The Labute approximate surface area is 233 Å². The lowest BCUT2D eigenvalue weighted by Gasteiger charge is -2.15. The number of carbonyl (C=O) groups excluding carboxylic acids is 4. The van der Waals surface area contributed by atoms with Crippen molar-refractivity contribution >= 4 is 51.8 Å². The fourth-order valence-electron chi connectivity index (χ4n) is 4.65. The number of amides is 2. The summed E-state index contributed by atoms with van der Waals surface area (Å²) in [4.78, 5) is 57.2. The van der Waals surface area contributed by atoms with Crippen LogP contribution in [0.15, 0.2) is 103 Å². The van der Waals surface area contributed by atoms with E-state index in [2.05, 4.69) is 4.98 Å².